The Bertz CT molecular complexity index is 657. The lowest BCUT2D eigenvalue weighted by molar-refractivity contribution is -0.141. The van der Waals surface area contributed by atoms with Crippen molar-refractivity contribution in [1.82, 2.24) is 9.80 Å². The van der Waals surface area contributed by atoms with Crippen molar-refractivity contribution in [3.8, 4) is 11.5 Å². The molecule has 2 aliphatic rings. The number of rotatable bonds is 8. The summed E-state index contributed by atoms with van der Waals surface area (Å²) in [6, 6.07) is 5.61. The van der Waals surface area contributed by atoms with Crippen molar-refractivity contribution in [2.24, 2.45) is 5.92 Å². The van der Waals surface area contributed by atoms with Crippen LogP contribution in [0.2, 0.25) is 0 Å². The van der Waals surface area contributed by atoms with E-state index in [1.807, 2.05) is 18.2 Å². The van der Waals surface area contributed by atoms with E-state index in [4.69, 9.17) is 14.6 Å². The van der Waals surface area contributed by atoms with Crippen LogP contribution in [0.1, 0.15) is 24.8 Å². The second-order valence-corrected chi connectivity index (χ2v) is 6.90. The van der Waals surface area contributed by atoms with Crippen molar-refractivity contribution in [2.75, 3.05) is 39.9 Å². The van der Waals surface area contributed by atoms with Gasteiger partial charge in [0.25, 0.3) is 0 Å². The summed E-state index contributed by atoms with van der Waals surface area (Å²) < 4.78 is 11.3. The highest BCUT2D eigenvalue weighted by Gasteiger charge is 2.34. The summed E-state index contributed by atoms with van der Waals surface area (Å²) in [4.78, 5) is 27.0. The van der Waals surface area contributed by atoms with Crippen LogP contribution in [0.25, 0.3) is 0 Å². The minimum Gasteiger partial charge on any atom is -0.493 e. The number of carboxylic acid groups (broad SMARTS) is 1. The number of carbonyl (C=O) groups is 2. The van der Waals surface area contributed by atoms with Gasteiger partial charge >= 0.3 is 5.97 Å². The van der Waals surface area contributed by atoms with Gasteiger partial charge in [-0.05, 0) is 43.6 Å². The molecule has 2 aliphatic heterocycles. The number of benzene rings is 1. The predicted molar refractivity (Wildman–Crippen MR) is 95.3 cm³/mol. The van der Waals surface area contributed by atoms with Crippen molar-refractivity contribution in [3.05, 3.63) is 23.8 Å². The molecule has 2 heterocycles. The van der Waals surface area contributed by atoms with E-state index in [0.717, 1.165) is 25.2 Å². The van der Waals surface area contributed by atoms with Gasteiger partial charge in [0.1, 0.15) is 6.61 Å². The minimum absolute atomic E-state index is 0.0736. The van der Waals surface area contributed by atoms with Crippen LogP contribution in [-0.2, 0) is 16.1 Å². The van der Waals surface area contributed by atoms with Crippen molar-refractivity contribution in [2.45, 2.75) is 25.8 Å². The monoisotopic (exact) mass is 362 g/mol. The Morgan fingerprint density at radius 3 is 2.69 bits per heavy atom. The van der Waals surface area contributed by atoms with Crippen molar-refractivity contribution < 1.29 is 24.2 Å². The minimum atomic E-state index is -0.916. The maximum atomic E-state index is 12.0. The summed E-state index contributed by atoms with van der Waals surface area (Å²) >= 11 is 0. The van der Waals surface area contributed by atoms with Gasteiger partial charge in [0.2, 0.25) is 5.91 Å². The third-order valence-electron chi connectivity index (χ3n) is 5.03. The average molecular weight is 362 g/mol. The van der Waals surface area contributed by atoms with Crippen molar-refractivity contribution in [3.63, 3.8) is 0 Å². The van der Waals surface area contributed by atoms with Gasteiger partial charge in [-0.1, -0.05) is 6.07 Å². The molecule has 1 N–H and O–H groups in total. The molecule has 0 spiro atoms. The van der Waals surface area contributed by atoms with Gasteiger partial charge in [-0.3, -0.25) is 14.5 Å². The summed E-state index contributed by atoms with van der Waals surface area (Å²) in [7, 11) is 1.59. The van der Waals surface area contributed by atoms with E-state index in [0.29, 0.717) is 24.7 Å². The SMILES string of the molecule is COc1cc(CN2CC(C(=O)O)CC2=O)ccc1OCCN1CCCC1. The second-order valence-electron chi connectivity index (χ2n) is 6.90. The molecule has 1 aromatic rings. The molecule has 0 aliphatic carbocycles. The summed E-state index contributed by atoms with van der Waals surface area (Å²) in [5.74, 6) is -0.336. The van der Waals surface area contributed by atoms with Crippen LogP contribution in [0.15, 0.2) is 18.2 Å². The maximum Gasteiger partial charge on any atom is 0.308 e. The lowest BCUT2D eigenvalue weighted by Gasteiger charge is -2.19. The number of carbonyl (C=O) groups excluding carboxylic acids is 1. The normalized spacial score (nSPS) is 20.6. The molecule has 1 unspecified atom stereocenters. The largest absolute Gasteiger partial charge is 0.493 e. The molecular formula is C19H26N2O5. The smallest absolute Gasteiger partial charge is 0.308 e. The lowest BCUT2D eigenvalue weighted by Crippen LogP contribution is -2.26. The molecule has 3 rings (SSSR count). The fourth-order valence-corrected chi connectivity index (χ4v) is 3.53. The molecule has 1 amide bonds. The molecule has 0 bridgehead atoms. The maximum absolute atomic E-state index is 12.0. The number of ether oxygens (including phenoxy) is 2. The van der Waals surface area contributed by atoms with Gasteiger partial charge in [0.15, 0.2) is 11.5 Å². The third kappa shape index (κ3) is 4.46. The fourth-order valence-electron chi connectivity index (χ4n) is 3.53. The Kier molecular flexibility index (Phi) is 5.98. The topological polar surface area (TPSA) is 79.3 Å². The van der Waals surface area contributed by atoms with E-state index in [9.17, 15) is 9.59 Å². The molecule has 0 aromatic heterocycles. The highest BCUT2D eigenvalue weighted by molar-refractivity contribution is 5.86. The Morgan fingerprint density at radius 1 is 1.27 bits per heavy atom. The van der Waals surface area contributed by atoms with Crippen molar-refractivity contribution >= 4 is 11.9 Å². The van der Waals surface area contributed by atoms with Gasteiger partial charge in [0.05, 0.1) is 13.0 Å². The van der Waals surface area contributed by atoms with Gasteiger partial charge in [-0.15, -0.1) is 0 Å². The quantitative estimate of drug-likeness (QED) is 0.757. The third-order valence-corrected chi connectivity index (χ3v) is 5.03. The van der Waals surface area contributed by atoms with E-state index in [1.165, 1.54) is 12.8 Å². The molecule has 2 saturated heterocycles. The van der Waals surface area contributed by atoms with Crippen LogP contribution in [0, 0.1) is 5.92 Å². The van der Waals surface area contributed by atoms with Crippen LogP contribution in [-0.4, -0.2) is 66.7 Å². The molecule has 7 nitrogen and oxygen atoms in total. The summed E-state index contributed by atoms with van der Waals surface area (Å²) in [6.45, 7) is 4.43. The van der Waals surface area contributed by atoms with Gasteiger partial charge in [0, 0.05) is 26.1 Å². The number of hydrogen-bond donors (Lipinski definition) is 1. The molecule has 0 radical (unpaired) electrons. The first-order valence-corrected chi connectivity index (χ1v) is 9.09. The number of amides is 1. The zero-order valence-electron chi connectivity index (χ0n) is 15.1. The van der Waals surface area contributed by atoms with E-state index in [-0.39, 0.29) is 18.9 Å². The first kappa shape index (κ1) is 18.5. The summed E-state index contributed by atoms with van der Waals surface area (Å²) in [5, 5.41) is 9.08. The zero-order chi connectivity index (χ0) is 18.5. The van der Waals surface area contributed by atoms with Gasteiger partial charge < -0.3 is 19.5 Å². The van der Waals surface area contributed by atoms with E-state index < -0.39 is 11.9 Å². The number of nitrogens with zero attached hydrogens (tertiary/aromatic N) is 2. The second kappa shape index (κ2) is 8.40. The number of carboxylic acids is 1. The van der Waals surface area contributed by atoms with Crippen molar-refractivity contribution in [1.29, 1.82) is 0 Å². The lowest BCUT2D eigenvalue weighted by atomic mass is 10.1. The molecule has 1 atom stereocenters. The molecule has 2 fully saturated rings. The summed E-state index contributed by atoms with van der Waals surface area (Å²) in [5.41, 5.74) is 0.896. The van der Waals surface area contributed by atoms with Crippen LogP contribution in [0.5, 0.6) is 11.5 Å². The molecular weight excluding hydrogens is 336 g/mol. The summed E-state index contributed by atoms with van der Waals surface area (Å²) in [6.07, 6.45) is 2.59. The number of hydrogen-bond acceptors (Lipinski definition) is 5. The molecule has 142 valence electrons. The van der Waals surface area contributed by atoms with E-state index >= 15 is 0 Å². The molecule has 26 heavy (non-hydrogen) atoms. The Balaban J connectivity index is 1.57. The molecule has 0 saturated carbocycles. The first-order valence-electron chi connectivity index (χ1n) is 9.09. The Morgan fingerprint density at radius 2 is 2.04 bits per heavy atom. The highest BCUT2D eigenvalue weighted by Crippen LogP contribution is 2.29. The van der Waals surface area contributed by atoms with Gasteiger partial charge in [-0.2, -0.15) is 0 Å². The number of likely N-dealkylation sites (tertiary alicyclic amines) is 2. The standard InChI is InChI=1S/C19H26N2O5/c1-25-17-10-14(12-21-13-15(19(23)24)11-18(21)22)4-5-16(17)26-9-8-20-6-2-3-7-20/h4-5,10,15H,2-3,6-9,11-13H2,1H3,(H,23,24). The van der Waals surface area contributed by atoms with Crippen LogP contribution < -0.4 is 9.47 Å². The first-order chi connectivity index (χ1) is 12.6. The van der Waals surface area contributed by atoms with E-state index in [2.05, 4.69) is 4.90 Å². The number of methoxy groups -OCH3 is 1. The fraction of sp³-hybridized carbons (Fsp3) is 0.579. The highest BCUT2D eigenvalue weighted by atomic mass is 16.5. The Hall–Kier alpha value is -2.28. The Labute approximate surface area is 153 Å². The van der Waals surface area contributed by atoms with Crippen LogP contribution in [0.3, 0.4) is 0 Å². The molecule has 7 heteroatoms. The van der Waals surface area contributed by atoms with Crippen LogP contribution in [0.4, 0.5) is 0 Å². The molecule has 1 aromatic carbocycles. The van der Waals surface area contributed by atoms with E-state index in [1.54, 1.807) is 12.0 Å². The number of aliphatic carboxylic acids is 1. The average Bonchev–Trinajstić information content (AvgIpc) is 3.26. The van der Waals surface area contributed by atoms with Gasteiger partial charge in [-0.25, -0.2) is 0 Å². The van der Waals surface area contributed by atoms with Crippen LogP contribution >= 0.6 is 0 Å². The zero-order valence-corrected chi connectivity index (χ0v) is 15.1. The predicted octanol–water partition coefficient (Wildman–Crippen LogP) is 1.60.